The Balaban J connectivity index is 2.35. The van der Waals surface area contributed by atoms with E-state index in [0.717, 1.165) is 4.90 Å². The number of nitrogens with zero attached hydrogens (tertiary/aromatic N) is 1. The van der Waals surface area contributed by atoms with Gasteiger partial charge in [-0.3, -0.25) is 19.3 Å². The van der Waals surface area contributed by atoms with Crippen LogP contribution in [-0.4, -0.2) is 36.2 Å². The van der Waals surface area contributed by atoms with Crippen LogP contribution in [0, 0.1) is 0 Å². The van der Waals surface area contributed by atoms with Crippen molar-refractivity contribution in [1.29, 1.82) is 0 Å². The highest BCUT2D eigenvalue weighted by Crippen LogP contribution is 2.24. The molecule has 1 aromatic rings. The Morgan fingerprint density at radius 3 is 2.59 bits per heavy atom. The third-order valence-electron chi connectivity index (χ3n) is 2.58. The number of carbonyl (C=O) groups excluding carboxylic acids is 3. The van der Waals surface area contributed by atoms with Gasteiger partial charge in [-0.2, -0.15) is 0 Å². The van der Waals surface area contributed by atoms with Gasteiger partial charge >= 0.3 is 0 Å². The maximum Gasteiger partial charge on any atom is 0.262 e. The minimum absolute atomic E-state index is 0.249. The zero-order valence-electron chi connectivity index (χ0n) is 9.19. The van der Waals surface area contributed by atoms with Crippen LogP contribution in [0.4, 0.5) is 5.69 Å². The van der Waals surface area contributed by atoms with Gasteiger partial charge < -0.3 is 11.1 Å². The van der Waals surface area contributed by atoms with Gasteiger partial charge in [-0.05, 0) is 18.2 Å². The van der Waals surface area contributed by atoms with Gasteiger partial charge in [0.15, 0.2) is 0 Å². The van der Waals surface area contributed by atoms with Crippen molar-refractivity contribution >= 4 is 23.4 Å². The molecule has 2 rings (SSSR count). The van der Waals surface area contributed by atoms with Crippen LogP contribution in [0.15, 0.2) is 18.2 Å². The monoisotopic (exact) mass is 233 g/mol. The second-order valence-electron chi connectivity index (χ2n) is 3.67. The van der Waals surface area contributed by atoms with E-state index in [9.17, 15) is 14.4 Å². The van der Waals surface area contributed by atoms with E-state index in [1.807, 2.05) is 0 Å². The van der Waals surface area contributed by atoms with E-state index in [-0.39, 0.29) is 17.7 Å². The number of amides is 3. The fourth-order valence-corrected chi connectivity index (χ4v) is 1.67. The highest BCUT2D eigenvalue weighted by Gasteiger charge is 2.36. The first-order valence-corrected chi connectivity index (χ1v) is 5.01. The maximum atomic E-state index is 11.9. The van der Waals surface area contributed by atoms with E-state index in [0.29, 0.717) is 5.69 Å². The Labute approximate surface area is 97.4 Å². The Bertz CT molecular complexity index is 525. The number of nitrogen functional groups attached to an aromatic ring is 1. The number of rotatable bonds is 2. The molecule has 0 spiro atoms. The SMILES string of the molecule is CNC(=O)CN1C(=O)c2ccc(N)cc2C1=O. The largest absolute Gasteiger partial charge is 0.399 e. The van der Waals surface area contributed by atoms with Crippen molar-refractivity contribution in [3.63, 3.8) is 0 Å². The number of carbonyl (C=O) groups is 3. The summed E-state index contributed by atoms with van der Waals surface area (Å²) in [6.07, 6.45) is 0. The Morgan fingerprint density at radius 1 is 1.29 bits per heavy atom. The highest BCUT2D eigenvalue weighted by molar-refractivity contribution is 6.22. The molecule has 0 aliphatic carbocycles. The summed E-state index contributed by atoms with van der Waals surface area (Å²) in [6.45, 7) is -0.275. The van der Waals surface area contributed by atoms with Gasteiger partial charge in [0.1, 0.15) is 6.54 Å². The molecule has 0 unspecified atom stereocenters. The first-order chi connectivity index (χ1) is 8.04. The van der Waals surface area contributed by atoms with Gasteiger partial charge in [0, 0.05) is 12.7 Å². The second kappa shape index (κ2) is 3.89. The number of benzene rings is 1. The number of imide groups is 1. The average molecular weight is 233 g/mol. The zero-order valence-corrected chi connectivity index (χ0v) is 9.19. The van der Waals surface area contributed by atoms with Crippen molar-refractivity contribution in [3.8, 4) is 0 Å². The van der Waals surface area contributed by atoms with Crippen LogP contribution in [0.3, 0.4) is 0 Å². The fourth-order valence-electron chi connectivity index (χ4n) is 1.67. The molecular weight excluding hydrogens is 222 g/mol. The van der Waals surface area contributed by atoms with Crippen LogP contribution in [-0.2, 0) is 4.79 Å². The van der Waals surface area contributed by atoms with E-state index < -0.39 is 17.7 Å². The molecule has 6 nitrogen and oxygen atoms in total. The molecule has 0 atom stereocenters. The summed E-state index contributed by atoms with van der Waals surface area (Å²) in [7, 11) is 1.44. The molecule has 1 aromatic carbocycles. The van der Waals surface area contributed by atoms with Crippen LogP contribution in [0.2, 0.25) is 0 Å². The second-order valence-corrected chi connectivity index (χ2v) is 3.67. The number of likely N-dealkylation sites (N-methyl/N-ethyl adjacent to an activating group) is 1. The Kier molecular flexibility index (Phi) is 2.55. The van der Waals surface area contributed by atoms with Gasteiger partial charge in [-0.1, -0.05) is 0 Å². The molecule has 17 heavy (non-hydrogen) atoms. The Morgan fingerprint density at radius 2 is 1.94 bits per heavy atom. The summed E-state index contributed by atoms with van der Waals surface area (Å²) in [5.41, 5.74) is 6.49. The van der Waals surface area contributed by atoms with Crippen LogP contribution >= 0.6 is 0 Å². The van der Waals surface area contributed by atoms with Crippen LogP contribution in [0.1, 0.15) is 20.7 Å². The summed E-state index contributed by atoms with van der Waals surface area (Å²) in [4.78, 5) is 35.8. The molecule has 0 saturated heterocycles. The summed E-state index contributed by atoms with van der Waals surface area (Å²) in [5.74, 6) is -1.35. The molecule has 88 valence electrons. The van der Waals surface area contributed by atoms with Gasteiger partial charge in [-0.25, -0.2) is 0 Å². The zero-order chi connectivity index (χ0) is 12.6. The lowest BCUT2D eigenvalue weighted by molar-refractivity contribution is -0.120. The van der Waals surface area contributed by atoms with E-state index >= 15 is 0 Å². The molecule has 0 bridgehead atoms. The van der Waals surface area contributed by atoms with Gasteiger partial charge in [0.05, 0.1) is 11.1 Å². The topological polar surface area (TPSA) is 92.5 Å². The maximum absolute atomic E-state index is 11.9. The molecular formula is C11H11N3O3. The third kappa shape index (κ3) is 1.73. The smallest absolute Gasteiger partial charge is 0.262 e. The normalized spacial score (nSPS) is 13.8. The molecule has 1 heterocycles. The van der Waals surface area contributed by atoms with Crippen molar-refractivity contribution in [1.82, 2.24) is 10.2 Å². The third-order valence-corrected chi connectivity index (χ3v) is 2.58. The summed E-state index contributed by atoms with van der Waals surface area (Å²) in [6, 6.07) is 4.49. The first-order valence-electron chi connectivity index (χ1n) is 5.01. The lowest BCUT2D eigenvalue weighted by atomic mass is 10.1. The van der Waals surface area contributed by atoms with E-state index in [4.69, 9.17) is 5.73 Å². The number of hydrogen-bond donors (Lipinski definition) is 2. The molecule has 0 fully saturated rings. The standard InChI is InChI=1S/C11H11N3O3/c1-13-9(15)5-14-10(16)7-3-2-6(12)4-8(7)11(14)17/h2-4H,5,12H2,1H3,(H,13,15). The lowest BCUT2D eigenvalue weighted by Gasteiger charge is -2.11. The van der Waals surface area contributed by atoms with E-state index in [1.54, 1.807) is 6.07 Å². The van der Waals surface area contributed by atoms with Crippen molar-refractivity contribution in [2.75, 3.05) is 19.3 Å². The molecule has 0 radical (unpaired) electrons. The lowest BCUT2D eigenvalue weighted by Crippen LogP contribution is -2.39. The van der Waals surface area contributed by atoms with Crippen molar-refractivity contribution in [2.45, 2.75) is 0 Å². The number of hydrogen-bond acceptors (Lipinski definition) is 4. The molecule has 3 amide bonds. The molecule has 0 saturated carbocycles. The summed E-state index contributed by atoms with van der Waals surface area (Å²) < 4.78 is 0. The number of anilines is 1. The first kappa shape index (κ1) is 11.1. The van der Waals surface area contributed by atoms with Crippen molar-refractivity contribution in [3.05, 3.63) is 29.3 Å². The fraction of sp³-hybridized carbons (Fsp3) is 0.182. The van der Waals surface area contributed by atoms with Crippen LogP contribution < -0.4 is 11.1 Å². The van der Waals surface area contributed by atoms with Gasteiger partial charge in [-0.15, -0.1) is 0 Å². The molecule has 3 N–H and O–H groups in total. The molecule has 1 aliphatic heterocycles. The van der Waals surface area contributed by atoms with Crippen molar-refractivity contribution in [2.24, 2.45) is 0 Å². The minimum Gasteiger partial charge on any atom is -0.399 e. The summed E-state index contributed by atoms with van der Waals surface area (Å²) in [5, 5.41) is 2.36. The molecule has 0 aromatic heterocycles. The van der Waals surface area contributed by atoms with Gasteiger partial charge in [0.25, 0.3) is 11.8 Å². The quantitative estimate of drug-likeness (QED) is 0.537. The van der Waals surface area contributed by atoms with Crippen molar-refractivity contribution < 1.29 is 14.4 Å². The Hall–Kier alpha value is -2.37. The van der Waals surface area contributed by atoms with E-state index in [2.05, 4.69) is 5.32 Å². The minimum atomic E-state index is -0.485. The number of fused-ring (bicyclic) bond motifs is 1. The molecule has 6 heteroatoms. The molecule has 1 aliphatic rings. The van der Waals surface area contributed by atoms with Gasteiger partial charge in [0.2, 0.25) is 5.91 Å². The van der Waals surface area contributed by atoms with Crippen LogP contribution in [0.5, 0.6) is 0 Å². The number of nitrogens with one attached hydrogen (secondary N) is 1. The number of nitrogens with two attached hydrogens (primary N) is 1. The highest BCUT2D eigenvalue weighted by atomic mass is 16.2. The predicted molar refractivity (Wildman–Crippen MR) is 60.3 cm³/mol. The predicted octanol–water partition coefficient (Wildman–Crippen LogP) is -0.389. The summed E-state index contributed by atoms with van der Waals surface area (Å²) >= 11 is 0. The van der Waals surface area contributed by atoms with Crippen LogP contribution in [0.25, 0.3) is 0 Å². The van der Waals surface area contributed by atoms with E-state index in [1.165, 1.54) is 19.2 Å². The average Bonchev–Trinajstić information content (AvgIpc) is 2.54.